The van der Waals surface area contributed by atoms with Crippen molar-refractivity contribution in [2.45, 2.75) is 36.7 Å². The van der Waals surface area contributed by atoms with Crippen LogP contribution in [0, 0.1) is 0 Å². The van der Waals surface area contributed by atoms with Crippen LogP contribution in [0.1, 0.15) is 20.3 Å². The van der Waals surface area contributed by atoms with E-state index in [-0.39, 0.29) is 16.7 Å². The second-order valence-corrected chi connectivity index (χ2v) is 4.66. The van der Waals surface area contributed by atoms with E-state index < -0.39 is 5.51 Å². The number of benzene rings is 1. The molecule has 0 amide bonds. The van der Waals surface area contributed by atoms with Crippen molar-refractivity contribution in [3.63, 3.8) is 0 Å². The van der Waals surface area contributed by atoms with Gasteiger partial charge in [-0.1, -0.05) is 6.92 Å². The average Bonchev–Trinajstić information content (AvgIpc) is 2.18. The molecular formula is C11H14F3NS. The molecule has 0 radical (unpaired) electrons. The summed E-state index contributed by atoms with van der Waals surface area (Å²) < 4.78 is 36.2. The lowest BCUT2D eigenvalue weighted by atomic mass is 10.2. The number of hydrogen-bond donors (Lipinski definition) is 1. The second kappa shape index (κ2) is 5.48. The quantitative estimate of drug-likeness (QED) is 0.788. The standard InChI is InChI=1S/C11H14F3NS/c1-3-8(2)15-9-4-6-10(7-5-9)16-11(12,13)14/h4-8,15H,3H2,1-2H3. The number of halogens is 3. The van der Waals surface area contributed by atoms with Gasteiger partial charge in [-0.3, -0.25) is 0 Å². The minimum absolute atomic E-state index is 0.0937. The normalized spacial score (nSPS) is 13.6. The summed E-state index contributed by atoms with van der Waals surface area (Å²) in [6.07, 6.45) is 0.971. The molecule has 1 aromatic carbocycles. The van der Waals surface area contributed by atoms with Crippen molar-refractivity contribution in [1.82, 2.24) is 0 Å². The minimum atomic E-state index is -4.22. The minimum Gasteiger partial charge on any atom is -0.383 e. The van der Waals surface area contributed by atoms with Crippen molar-refractivity contribution >= 4 is 17.4 Å². The Bertz CT molecular complexity index is 321. The van der Waals surface area contributed by atoms with E-state index in [0.717, 1.165) is 12.1 Å². The first kappa shape index (κ1) is 13.2. The van der Waals surface area contributed by atoms with Crippen molar-refractivity contribution < 1.29 is 13.2 Å². The van der Waals surface area contributed by atoms with E-state index in [1.807, 2.05) is 13.8 Å². The fourth-order valence-electron chi connectivity index (χ4n) is 1.14. The Balaban J connectivity index is 2.61. The molecule has 1 aromatic rings. The van der Waals surface area contributed by atoms with Gasteiger partial charge in [0.25, 0.3) is 0 Å². The van der Waals surface area contributed by atoms with Crippen LogP contribution in [0.25, 0.3) is 0 Å². The Morgan fingerprint density at radius 1 is 1.25 bits per heavy atom. The van der Waals surface area contributed by atoms with Gasteiger partial charge in [-0.25, -0.2) is 0 Å². The van der Waals surface area contributed by atoms with Gasteiger partial charge in [0.05, 0.1) is 0 Å². The fourth-order valence-corrected chi connectivity index (χ4v) is 1.68. The summed E-state index contributed by atoms with van der Waals surface area (Å²) in [5, 5.41) is 3.19. The molecule has 1 atom stereocenters. The predicted octanol–water partition coefficient (Wildman–Crippen LogP) is 4.51. The Kier molecular flexibility index (Phi) is 4.53. The molecular weight excluding hydrogens is 235 g/mol. The monoisotopic (exact) mass is 249 g/mol. The average molecular weight is 249 g/mol. The molecule has 0 saturated heterocycles. The molecule has 1 nitrogen and oxygen atoms in total. The van der Waals surface area contributed by atoms with Gasteiger partial charge in [-0.05, 0) is 49.4 Å². The van der Waals surface area contributed by atoms with Crippen LogP contribution in [-0.2, 0) is 0 Å². The van der Waals surface area contributed by atoms with Gasteiger partial charge in [-0.15, -0.1) is 0 Å². The number of hydrogen-bond acceptors (Lipinski definition) is 2. The molecule has 90 valence electrons. The highest BCUT2D eigenvalue weighted by molar-refractivity contribution is 8.00. The largest absolute Gasteiger partial charge is 0.446 e. The number of anilines is 1. The lowest BCUT2D eigenvalue weighted by molar-refractivity contribution is -0.0328. The summed E-state index contributed by atoms with van der Waals surface area (Å²) in [5.74, 6) is 0. The predicted molar refractivity (Wildman–Crippen MR) is 61.7 cm³/mol. The summed E-state index contributed by atoms with van der Waals surface area (Å²) in [6, 6.07) is 6.60. The third-order valence-electron chi connectivity index (χ3n) is 2.11. The summed E-state index contributed by atoms with van der Waals surface area (Å²) in [6.45, 7) is 4.07. The van der Waals surface area contributed by atoms with E-state index in [2.05, 4.69) is 5.32 Å². The van der Waals surface area contributed by atoms with Crippen LogP contribution in [0.4, 0.5) is 18.9 Å². The van der Waals surface area contributed by atoms with Crippen molar-refractivity contribution in [3.8, 4) is 0 Å². The maximum Gasteiger partial charge on any atom is 0.446 e. The first-order valence-electron chi connectivity index (χ1n) is 5.03. The smallest absolute Gasteiger partial charge is 0.383 e. The number of rotatable bonds is 4. The van der Waals surface area contributed by atoms with Crippen molar-refractivity contribution in [1.29, 1.82) is 0 Å². The summed E-state index contributed by atoms with van der Waals surface area (Å²) in [4.78, 5) is 0.210. The summed E-state index contributed by atoms with van der Waals surface area (Å²) >= 11 is -0.0937. The van der Waals surface area contributed by atoms with Crippen LogP contribution < -0.4 is 5.32 Å². The lowest BCUT2D eigenvalue weighted by Gasteiger charge is -2.13. The number of nitrogens with one attached hydrogen (secondary N) is 1. The summed E-state index contributed by atoms with van der Waals surface area (Å²) in [5.41, 5.74) is -3.37. The van der Waals surface area contributed by atoms with E-state index in [4.69, 9.17) is 0 Å². The topological polar surface area (TPSA) is 12.0 Å². The molecule has 0 saturated carbocycles. The van der Waals surface area contributed by atoms with Gasteiger partial charge in [0.15, 0.2) is 0 Å². The number of thioether (sulfide) groups is 1. The van der Waals surface area contributed by atoms with Crippen LogP contribution in [0.15, 0.2) is 29.2 Å². The molecule has 0 aromatic heterocycles. The van der Waals surface area contributed by atoms with Gasteiger partial charge in [0.2, 0.25) is 0 Å². The zero-order chi connectivity index (χ0) is 12.2. The molecule has 0 fully saturated rings. The Morgan fingerprint density at radius 2 is 1.81 bits per heavy atom. The molecule has 0 aliphatic heterocycles. The maximum atomic E-state index is 12.1. The zero-order valence-electron chi connectivity index (χ0n) is 9.14. The second-order valence-electron chi connectivity index (χ2n) is 3.53. The Labute approximate surface area is 97.4 Å². The van der Waals surface area contributed by atoms with E-state index in [0.29, 0.717) is 6.04 Å². The van der Waals surface area contributed by atoms with Crippen LogP contribution in [0.2, 0.25) is 0 Å². The molecule has 1 unspecified atom stereocenters. The molecule has 5 heteroatoms. The van der Waals surface area contributed by atoms with Crippen LogP contribution in [-0.4, -0.2) is 11.6 Å². The van der Waals surface area contributed by atoms with Crippen LogP contribution in [0.5, 0.6) is 0 Å². The van der Waals surface area contributed by atoms with Gasteiger partial charge in [-0.2, -0.15) is 13.2 Å². The molecule has 1 rings (SSSR count). The molecule has 0 bridgehead atoms. The number of alkyl halides is 3. The third-order valence-corrected chi connectivity index (χ3v) is 2.85. The summed E-state index contributed by atoms with van der Waals surface area (Å²) in [7, 11) is 0. The van der Waals surface area contributed by atoms with Crippen molar-refractivity contribution in [2.24, 2.45) is 0 Å². The SMILES string of the molecule is CCC(C)Nc1ccc(SC(F)(F)F)cc1. The highest BCUT2D eigenvalue weighted by Crippen LogP contribution is 2.37. The van der Waals surface area contributed by atoms with Gasteiger partial charge < -0.3 is 5.32 Å². The molecule has 0 aliphatic rings. The maximum absolute atomic E-state index is 12.1. The third kappa shape index (κ3) is 4.79. The first-order chi connectivity index (χ1) is 7.40. The van der Waals surface area contributed by atoms with Crippen LogP contribution in [0.3, 0.4) is 0 Å². The molecule has 16 heavy (non-hydrogen) atoms. The first-order valence-corrected chi connectivity index (χ1v) is 5.84. The highest BCUT2D eigenvalue weighted by atomic mass is 32.2. The molecule has 0 aliphatic carbocycles. The Morgan fingerprint density at radius 3 is 2.25 bits per heavy atom. The van der Waals surface area contributed by atoms with Gasteiger partial charge >= 0.3 is 5.51 Å². The zero-order valence-corrected chi connectivity index (χ0v) is 9.95. The molecule has 0 spiro atoms. The van der Waals surface area contributed by atoms with Gasteiger partial charge in [0, 0.05) is 16.6 Å². The van der Waals surface area contributed by atoms with Gasteiger partial charge in [0.1, 0.15) is 0 Å². The van der Waals surface area contributed by atoms with E-state index >= 15 is 0 Å². The van der Waals surface area contributed by atoms with Crippen molar-refractivity contribution in [2.75, 3.05) is 5.32 Å². The van der Waals surface area contributed by atoms with E-state index in [9.17, 15) is 13.2 Å². The van der Waals surface area contributed by atoms with Crippen molar-refractivity contribution in [3.05, 3.63) is 24.3 Å². The fraction of sp³-hybridized carbons (Fsp3) is 0.455. The molecule has 1 N–H and O–H groups in total. The van der Waals surface area contributed by atoms with E-state index in [1.54, 1.807) is 12.1 Å². The van der Waals surface area contributed by atoms with E-state index in [1.165, 1.54) is 12.1 Å². The van der Waals surface area contributed by atoms with Crippen LogP contribution >= 0.6 is 11.8 Å². The molecule has 0 heterocycles. The highest BCUT2D eigenvalue weighted by Gasteiger charge is 2.28. The Hall–Kier alpha value is -0.840. The lowest BCUT2D eigenvalue weighted by Crippen LogP contribution is -2.13.